The van der Waals surface area contributed by atoms with Crippen molar-refractivity contribution in [2.24, 2.45) is 0 Å². The van der Waals surface area contributed by atoms with Gasteiger partial charge < -0.3 is 10.2 Å². The molecule has 0 aliphatic carbocycles. The van der Waals surface area contributed by atoms with Crippen molar-refractivity contribution in [1.82, 2.24) is 19.5 Å². The van der Waals surface area contributed by atoms with Crippen LogP contribution in [0.15, 0.2) is 54.0 Å². The minimum Gasteiger partial charge on any atom is -0.377 e. The van der Waals surface area contributed by atoms with Gasteiger partial charge >= 0.3 is 0 Å². The van der Waals surface area contributed by atoms with E-state index in [0.29, 0.717) is 22.9 Å². The van der Waals surface area contributed by atoms with Crippen LogP contribution in [0.2, 0.25) is 5.15 Å². The molecule has 1 aromatic carbocycles. The molecule has 0 saturated heterocycles. The van der Waals surface area contributed by atoms with E-state index in [-0.39, 0.29) is 5.91 Å². The summed E-state index contributed by atoms with van der Waals surface area (Å²) in [5.74, 6) is -0.0362. The second kappa shape index (κ2) is 7.61. The van der Waals surface area contributed by atoms with Crippen LogP contribution in [0, 0.1) is 0 Å². The predicted molar refractivity (Wildman–Crippen MR) is 113 cm³/mol. The van der Waals surface area contributed by atoms with Gasteiger partial charge in [-0.25, -0.2) is 9.50 Å². The van der Waals surface area contributed by atoms with Crippen molar-refractivity contribution in [2.75, 3.05) is 19.4 Å². The second-order valence-corrected chi connectivity index (χ2v) is 7.89. The highest BCUT2D eigenvalue weighted by molar-refractivity contribution is 7.09. The van der Waals surface area contributed by atoms with E-state index in [4.69, 9.17) is 11.6 Å². The average molecular weight is 412 g/mol. The van der Waals surface area contributed by atoms with Gasteiger partial charge in [0.15, 0.2) is 10.8 Å². The lowest BCUT2D eigenvalue weighted by molar-refractivity contribution is 0.0827. The number of thiophene rings is 1. The summed E-state index contributed by atoms with van der Waals surface area (Å²) in [6.45, 7) is 0.692. The lowest BCUT2D eigenvalue weighted by Crippen LogP contribution is -2.21. The number of anilines is 1. The fourth-order valence-corrected chi connectivity index (χ4v) is 3.73. The van der Waals surface area contributed by atoms with Gasteiger partial charge in [-0.15, -0.1) is 11.3 Å². The van der Waals surface area contributed by atoms with Gasteiger partial charge in [0.2, 0.25) is 0 Å². The highest BCUT2D eigenvalue weighted by Gasteiger charge is 2.14. The number of hydrogen-bond acceptors (Lipinski definition) is 5. The maximum absolute atomic E-state index is 12.1. The normalized spacial score (nSPS) is 11.0. The number of benzene rings is 1. The van der Waals surface area contributed by atoms with Gasteiger partial charge in [-0.1, -0.05) is 29.8 Å². The Hall–Kier alpha value is -2.90. The molecule has 0 atom stereocenters. The molecule has 0 unspecified atom stereocenters. The minimum absolute atomic E-state index is 0.0362. The van der Waals surface area contributed by atoms with Crippen molar-refractivity contribution in [3.63, 3.8) is 0 Å². The molecule has 0 aliphatic rings. The standard InChI is InChI=1S/C20H18ClN5OS/c1-25(2)20(27)14-7-5-13(6-8-14)17-12-23-19-16(10-18(21)24-26(17)19)22-11-15-4-3-9-28-15/h3-10,12,22H,11H2,1-2H3. The largest absolute Gasteiger partial charge is 0.377 e. The van der Waals surface area contributed by atoms with Crippen molar-refractivity contribution in [3.8, 4) is 11.3 Å². The third-order valence-electron chi connectivity index (χ3n) is 4.30. The first-order chi connectivity index (χ1) is 13.5. The molecule has 1 N–H and O–H groups in total. The highest BCUT2D eigenvalue weighted by Crippen LogP contribution is 2.27. The molecule has 6 nitrogen and oxygen atoms in total. The van der Waals surface area contributed by atoms with E-state index >= 15 is 0 Å². The van der Waals surface area contributed by atoms with Crippen LogP contribution >= 0.6 is 22.9 Å². The summed E-state index contributed by atoms with van der Waals surface area (Å²) in [7, 11) is 3.47. The number of carbonyl (C=O) groups is 1. The van der Waals surface area contributed by atoms with Crippen LogP contribution in [0.1, 0.15) is 15.2 Å². The summed E-state index contributed by atoms with van der Waals surface area (Å²) in [4.78, 5) is 19.4. The topological polar surface area (TPSA) is 62.5 Å². The number of aromatic nitrogens is 3. The Morgan fingerprint density at radius 1 is 1.25 bits per heavy atom. The van der Waals surface area contributed by atoms with Gasteiger partial charge in [0.05, 0.1) is 17.6 Å². The first-order valence-corrected chi connectivity index (χ1v) is 9.91. The van der Waals surface area contributed by atoms with Crippen molar-refractivity contribution in [2.45, 2.75) is 6.54 Å². The number of imidazole rings is 1. The number of amides is 1. The lowest BCUT2D eigenvalue weighted by atomic mass is 10.1. The molecule has 0 radical (unpaired) electrons. The van der Waals surface area contributed by atoms with E-state index < -0.39 is 0 Å². The zero-order valence-electron chi connectivity index (χ0n) is 15.4. The molecular formula is C20H18ClN5OS. The first-order valence-electron chi connectivity index (χ1n) is 8.65. The molecule has 142 valence electrons. The zero-order chi connectivity index (χ0) is 19.7. The monoisotopic (exact) mass is 411 g/mol. The quantitative estimate of drug-likeness (QED) is 0.527. The number of halogens is 1. The molecule has 0 bridgehead atoms. The summed E-state index contributed by atoms with van der Waals surface area (Å²) in [6.07, 6.45) is 1.76. The molecule has 3 heterocycles. The van der Waals surface area contributed by atoms with E-state index in [1.807, 2.05) is 23.6 Å². The SMILES string of the molecule is CN(C)C(=O)c1ccc(-c2cnc3c(NCc4cccs4)cc(Cl)nn23)cc1. The maximum Gasteiger partial charge on any atom is 0.253 e. The number of carbonyl (C=O) groups excluding carboxylic acids is 1. The molecule has 8 heteroatoms. The molecule has 28 heavy (non-hydrogen) atoms. The van der Waals surface area contributed by atoms with Gasteiger partial charge in [0.1, 0.15) is 0 Å². The molecule has 0 spiro atoms. The number of nitrogens with one attached hydrogen (secondary N) is 1. The van der Waals surface area contributed by atoms with E-state index in [0.717, 1.165) is 16.9 Å². The van der Waals surface area contributed by atoms with Crippen molar-refractivity contribution in [1.29, 1.82) is 0 Å². The fraction of sp³-hybridized carbons (Fsp3) is 0.150. The van der Waals surface area contributed by atoms with Crippen LogP contribution in [-0.2, 0) is 6.54 Å². The van der Waals surface area contributed by atoms with Crippen molar-refractivity contribution < 1.29 is 4.79 Å². The molecule has 0 saturated carbocycles. The molecule has 0 fully saturated rings. The zero-order valence-corrected chi connectivity index (χ0v) is 17.0. The summed E-state index contributed by atoms with van der Waals surface area (Å²) >= 11 is 7.95. The Morgan fingerprint density at radius 2 is 2.04 bits per heavy atom. The van der Waals surface area contributed by atoms with Crippen molar-refractivity contribution >= 4 is 40.2 Å². The minimum atomic E-state index is -0.0362. The van der Waals surface area contributed by atoms with Gasteiger partial charge in [-0.2, -0.15) is 5.10 Å². The summed E-state index contributed by atoms with van der Waals surface area (Å²) < 4.78 is 1.72. The number of hydrogen-bond donors (Lipinski definition) is 1. The summed E-state index contributed by atoms with van der Waals surface area (Å²) in [6, 6.07) is 13.3. The van der Waals surface area contributed by atoms with E-state index in [1.54, 1.807) is 59.2 Å². The average Bonchev–Trinajstić information content (AvgIpc) is 3.35. The molecule has 1 amide bonds. The van der Waals surface area contributed by atoms with Crippen LogP contribution in [-0.4, -0.2) is 39.5 Å². The Kier molecular flexibility index (Phi) is 5.02. The Morgan fingerprint density at radius 3 is 2.71 bits per heavy atom. The van der Waals surface area contributed by atoms with Gasteiger partial charge in [-0.3, -0.25) is 4.79 Å². The third-order valence-corrected chi connectivity index (χ3v) is 5.37. The Balaban J connectivity index is 1.68. The maximum atomic E-state index is 12.1. The first kappa shape index (κ1) is 18.5. The second-order valence-electron chi connectivity index (χ2n) is 6.47. The molecule has 3 aromatic heterocycles. The van der Waals surface area contributed by atoms with E-state index in [1.165, 1.54) is 4.88 Å². The Bertz CT molecular complexity index is 1120. The predicted octanol–water partition coefficient (Wildman–Crippen LogP) is 4.43. The molecule has 0 aliphatic heterocycles. The Labute approximate surface area is 171 Å². The number of nitrogens with zero attached hydrogens (tertiary/aromatic N) is 4. The number of fused-ring (bicyclic) bond motifs is 1. The molecule has 4 aromatic rings. The van der Waals surface area contributed by atoms with E-state index in [9.17, 15) is 4.79 Å². The smallest absolute Gasteiger partial charge is 0.253 e. The van der Waals surface area contributed by atoms with Crippen LogP contribution in [0.5, 0.6) is 0 Å². The molecular weight excluding hydrogens is 394 g/mol. The van der Waals surface area contributed by atoms with Crippen molar-refractivity contribution in [3.05, 3.63) is 69.6 Å². The van der Waals surface area contributed by atoms with Crippen LogP contribution in [0.3, 0.4) is 0 Å². The van der Waals surface area contributed by atoms with Crippen LogP contribution in [0.25, 0.3) is 16.9 Å². The lowest BCUT2D eigenvalue weighted by Gasteiger charge is -2.11. The number of rotatable bonds is 5. The van der Waals surface area contributed by atoms with Gasteiger partial charge in [-0.05, 0) is 23.6 Å². The fourth-order valence-electron chi connectivity index (χ4n) is 2.90. The van der Waals surface area contributed by atoms with Gasteiger partial charge in [0.25, 0.3) is 5.91 Å². The van der Waals surface area contributed by atoms with Crippen LogP contribution in [0.4, 0.5) is 5.69 Å². The van der Waals surface area contributed by atoms with E-state index in [2.05, 4.69) is 21.5 Å². The van der Waals surface area contributed by atoms with Gasteiger partial charge in [0, 0.05) is 42.7 Å². The van der Waals surface area contributed by atoms with Crippen LogP contribution < -0.4 is 5.32 Å². The summed E-state index contributed by atoms with van der Waals surface area (Å²) in [5, 5.41) is 10.2. The summed E-state index contributed by atoms with van der Waals surface area (Å²) in [5.41, 5.74) is 3.86. The molecule has 4 rings (SSSR count). The third kappa shape index (κ3) is 3.58. The highest BCUT2D eigenvalue weighted by atomic mass is 35.5.